The highest BCUT2D eigenvalue weighted by Crippen LogP contribution is 2.17. The number of ether oxygens (including phenoxy) is 1. The first-order valence-electron chi connectivity index (χ1n) is 6.25. The van der Waals surface area contributed by atoms with E-state index in [9.17, 15) is 4.79 Å². The number of nitrogens with one attached hydrogen (secondary N) is 1. The summed E-state index contributed by atoms with van der Waals surface area (Å²) < 4.78 is 5.40. The third-order valence-electron chi connectivity index (χ3n) is 2.55. The van der Waals surface area contributed by atoms with Gasteiger partial charge in [-0.2, -0.15) is 0 Å². The summed E-state index contributed by atoms with van der Waals surface area (Å²) in [5.74, 6) is -0.258. The normalized spacial score (nSPS) is 12.3. The van der Waals surface area contributed by atoms with Gasteiger partial charge in [-0.25, -0.2) is 0 Å². The molecule has 0 spiro atoms. The average molecular weight is 279 g/mol. The van der Waals surface area contributed by atoms with Crippen molar-refractivity contribution in [2.75, 3.05) is 11.9 Å². The Bertz CT molecular complexity index is 519. The summed E-state index contributed by atoms with van der Waals surface area (Å²) in [4.78, 5) is 11.8. The van der Waals surface area contributed by atoms with Gasteiger partial charge in [-0.05, 0) is 39.3 Å². The number of oxime groups is 1. The van der Waals surface area contributed by atoms with Crippen LogP contribution in [0.25, 0.3) is 0 Å². The van der Waals surface area contributed by atoms with Crippen LogP contribution in [0.5, 0.6) is 0 Å². The Labute approximate surface area is 118 Å². The van der Waals surface area contributed by atoms with Crippen LogP contribution in [0.2, 0.25) is 0 Å². The molecule has 1 rings (SSSR count). The van der Waals surface area contributed by atoms with Crippen LogP contribution in [-0.4, -0.2) is 29.2 Å². The summed E-state index contributed by atoms with van der Waals surface area (Å²) in [7, 11) is 0. The highest BCUT2D eigenvalue weighted by atomic mass is 16.5. The number of hydrogen-bond acceptors (Lipinski definition) is 4. The quantitative estimate of drug-likeness (QED) is 0.339. The fourth-order valence-electron chi connectivity index (χ4n) is 1.44. The van der Waals surface area contributed by atoms with Gasteiger partial charge in [0.2, 0.25) is 5.91 Å². The standard InChI is InChI=1S/C14H21N3O3/c1-9-5-6-10(13(15)17-19)7-11(9)16-12(18)8-20-14(2,3)4/h5-7,19H,8H2,1-4H3,(H2,15,17)(H,16,18). The zero-order valence-electron chi connectivity index (χ0n) is 12.2. The van der Waals surface area contributed by atoms with Crippen LogP contribution >= 0.6 is 0 Å². The lowest BCUT2D eigenvalue weighted by Crippen LogP contribution is -2.27. The number of amidine groups is 1. The number of benzene rings is 1. The van der Waals surface area contributed by atoms with Crippen molar-refractivity contribution in [3.63, 3.8) is 0 Å². The van der Waals surface area contributed by atoms with E-state index in [-0.39, 0.29) is 24.0 Å². The predicted octanol–water partition coefficient (Wildman–Crippen LogP) is 1.84. The zero-order valence-corrected chi connectivity index (χ0v) is 12.2. The molecule has 0 aliphatic carbocycles. The van der Waals surface area contributed by atoms with E-state index in [2.05, 4.69) is 10.5 Å². The van der Waals surface area contributed by atoms with Crippen molar-refractivity contribution < 1.29 is 14.7 Å². The molecule has 20 heavy (non-hydrogen) atoms. The van der Waals surface area contributed by atoms with E-state index >= 15 is 0 Å². The molecule has 0 aliphatic rings. The second-order valence-corrected chi connectivity index (χ2v) is 5.46. The molecule has 0 radical (unpaired) electrons. The Morgan fingerprint density at radius 2 is 2.10 bits per heavy atom. The van der Waals surface area contributed by atoms with E-state index in [0.29, 0.717) is 11.3 Å². The number of anilines is 1. The van der Waals surface area contributed by atoms with Gasteiger partial charge >= 0.3 is 0 Å². The third-order valence-corrected chi connectivity index (χ3v) is 2.55. The Hall–Kier alpha value is -2.08. The molecule has 0 heterocycles. The van der Waals surface area contributed by atoms with E-state index in [1.165, 1.54) is 0 Å². The molecule has 0 aromatic heterocycles. The number of carbonyl (C=O) groups excluding carboxylic acids is 1. The lowest BCUT2D eigenvalue weighted by atomic mass is 10.1. The Morgan fingerprint density at radius 1 is 1.45 bits per heavy atom. The highest BCUT2D eigenvalue weighted by Gasteiger charge is 2.14. The van der Waals surface area contributed by atoms with Gasteiger partial charge in [0, 0.05) is 11.3 Å². The lowest BCUT2D eigenvalue weighted by Gasteiger charge is -2.19. The summed E-state index contributed by atoms with van der Waals surface area (Å²) in [5.41, 5.74) is 7.17. The summed E-state index contributed by atoms with van der Waals surface area (Å²) in [6, 6.07) is 5.15. The maximum Gasteiger partial charge on any atom is 0.250 e. The average Bonchev–Trinajstić information content (AvgIpc) is 2.37. The first kappa shape index (κ1) is 16.0. The van der Waals surface area contributed by atoms with E-state index in [4.69, 9.17) is 15.7 Å². The molecule has 1 amide bonds. The SMILES string of the molecule is Cc1ccc(/C(N)=N/O)cc1NC(=O)COC(C)(C)C. The van der Waals surface area contributed by atoms with Gasteiger partial charge in [-0.1, -0.05) is 17.3 Å². The molecule has 0 atom stereocenters. The lowest BCUT2D eigenvalue weighted by molar-refractivity contribution is -0.125. The van der Waals surface area contributed by atoms with Crippen molar-refractivity contribution in [1.29, 1.82) is 0 Å². The molecule has 6 heteroatoms. The van der Waals surface area contributed by atoms with Crippen molar-refractivity contribution in [3.05, 3.63) is 29.3 Å². The number of hydrogen-bond donors (Lipinski definition) is 3. The Morgan fingerprint density at radius 3 is 2.65 bits per heavy atom. The number of carbonyl (C=O) groups is 1. The van der Waals surface area contributed by atoms with E-state index in [1.54, 1.807) is 18.2 Å². The molecule has 1 aromatic rings. The topological polar surface area (TPSA) is 96.9 Å². The van der Waals surface area contributed by atoms with Crippen molar-refractivity contribution >= 4 is 17.4 Å². The van der Waals surface area contributed by atoms with Gasteiger partial charge in [-0.15, -0.1) is 0 Å². The van der Waals surface area contributed by atoms with E-state index in [1.807, 2.05) is 27.7 Å². The number of nitrogens with zero attached hydrogens (tertiary/aromatic N) is 1. The smallest absolute Gasteiger partial charge is 0.250 e. The van der Waals surface area contributed by atoms with Gasteiger partial charge < -0.3 is 21.0 Å². The van der Waals surface area contributed by atoms with Crippen LogP contribution in [-0.2, 0) is 9.53 Å². The molecule has 0 bridgehead atoms. The minimum Gasteiger partial charge on any atom is -0.409 e. The van der Waals surface area contributed by atoms with E-state index in [0.717, 1.165) is 5.56 Å². The van der Waals surface area contributed by atoms with Crippen molar-refractivity contribution in [2.24, 2.45) is 10.9 Å². The van der Waals surface area contributed by atoms with Crippen LogP contribution in [0, 0.1) is 6.92 Å². The van der Waals surface area contributed by atoms with Gasteiger partial charge in [0.1, 0.15) is 6.61 Å². The molecule has 6 nitrogen and oxygen atoms in total. The monoisotopic (exact) mass is 279 g/mol. The summed E-state index contributed by atoms with van der Waals surface area (Å²) in [6.45, 7) is 7.46. The molecule has 0 saturated heterocycles. The fourth-order valence-corrected chi connectivity index (χ4v) is 1.44. The molecule has 0 saturated carbocycles. The highest BCUT2D eigenvalue weighted by molar-refractivity contribution is 5.99. The second-order valence-electron chi connectivity index (χ2n) is 5.46. The molecule has 110 valence electrons. The number of aryl methyl sites for hydroxylation is 1. The van der Waals surface area contributed by atoms with Crippen LogP contribution in [0.3, 0.4) is 0 Å². The molecule has 1 aromatic carbocycles. The Kier molecular flexibility index (Phi) is 5.10. The molecular weight excluding hydrogens is 258 g/mol. The summed E-state index contributed by atoms with van der Waals surface area (Å²) in [6.07, 6.45) is 0. The van der Waals surface area contributed by atoms with Gasteiger partial charge in [-0.3, -0.25) is 4.79 Å². The van der Waals surface area contributed by atoms with Gasteiger partial charge in [0.05, 0.1) is 5.60 Å². The summed E-state index contributed by atoms with van der Waals surface area (Å²) >= 11 is 0. The van der Waals surface area contributed by atoms with Crippen molar-refractivity contribution in [3.8, 4) is 0 Å². The number of amides is 1. The minimum absolute atomic E-state index is 0.00793. The first-order valence-corrected chi connectivity index (χ1v) is 6.25. The number of nitrogens with two attached hydrogens (primary N) is 1. The fraction of sp³-hybridized carbons (Fsp3) is 0.429. The van der Waals surface area contributed by atoms with Crippen molar-refractivity contribution in [1.82, 2.24) is 0 Å². The van der Waals surface area contributed by atoms with Gasteiger partial charge in [0.25, 0.3) is 0 Å². The number of rotatable bonds is 4. The van der Waals surface area contributed by atoms with Crippen LogP contribution in [0.4, 0.5) is 5.69 Å². The van der Waals surface area contributed by atoms with Crippen LogP contribution in [0.1, 0.15) is 31.9 Å². The van der Waals surface area contributed by atoms with E-state index < -0.39 is 0 Å². The largest absolute Gasteiger partial charge is 0.409 e. The van der Waals surface area contributed by atoms with Crippen LogP contribution < -0.4 is 11.1 Å². The molecular formula is C14H21N3O3. The molecule has 0 aliphatic heterocycles. The van der Waals surface area contributed by atoms with Crippen molar-refractivity contribution in [2.45, 2.75) is 33.3 Å². The predicted molar refractivity (Wildman–Crippen MR) is 78.0 cm³/mol. The maximum absolute atomic E-state index is 11.8. The maximum atomic E-state index is 11.8. The molecule has 0 unspecified atom stereocenters. The first-order chi connectivity index (χ1) is 9.23. The zero-order chi connectivity index (χ0) is 15.3. The van der Waals surface area contributed by atoms with Crippen LogP contribution in [0.15, 0.2) is 23.4 Å². The van der Waals surface area contributed by atoms with Gasteiger partial charge in [0.15, 0.2) is 5.84 Å². The Balaban J connectivity index is 2.79. The summed E-state index contributed by atoms with van der Waals surface area (Å²) in [5, 5.41) is 14.3. The minimum atomic E-state index is -0.373. The molecule has 4 N–H and O–H groups in total. The third kappa shape index (κ3) is 4.89. The second kappa shape index (κ2) is 6.38. The molecule has 0 fully saturated rings.